The lowest BCUT2D eigenvalue weighted by molar-refractivity contribution is -0.125. The van der Waals surface area contributed by atoms with Crippen molar-refractivity contribution < 1.29 is 14.4 Å². The molecule has 0 bridgehead atoms. The molecule has 0 unspecified atom stereocenters. The zero-order chi connectivity index (χ0) is 14.3. The van der Waals surface area contributed by atoms with Gasteiger partial charge in [0.05, 0.1) is 13.1 Å². The fourth-order valence-corrected chi connectivity index (χ4v) is 1.77. The van der Waals surface area contributed by atoms with Crippen LogP contribution in [0.2, 0.25) is 0 Å². The molecule has 3 amide bonds. The highest BCUT2D eigenvalue weighted by Gasteiger charge is 2.08. The number of carbonyl (C=O) groups excluding carboxylic acids is 3. The Hall–Kier alpha value is -1.64. The van der Waals surface area contributed by atoms with E-state index in [4.69, 9.17) is 0 Å². The second-order valence-electron chi connectivity index (χ2n) is 3.64. The predicted octanol–water partition coefficient (Wildman–Crippen LogP) is -0.117. The lowest BCUT2D eigenvalue weighted by Gasteiger charge is -2.06. The summed E-state index contributed by atoms with van der Waals surface area (Å²) in [5.74, 6) is -1.03. The number of likely N-dealkylation sites (N-methyl/N-ethyl adjacent to an activating group) is 1. The Balaban J connectivity index is 2.38. The van der Waals surface area contributed by atoms with Crippen molar-refractivity contribution in [1.29, 1.82) is 0 Å². The molecule has 1 aromatic carbocycles. The number of amides is 3. The first-order valence-corrected chi connectivity index (χ1v) is 6.62. The van der Waals surface area contributed by atoms with Gasteiger partial charge in [-0.3, -0.25) is 14.4 Å². The first-order valence-electron chi connectivity index (χ1n) is 5.54. The van der Waals surface area contributed by atoms with Crippen molar-refractivity contribution in [3.05, 3.63) is 33.4 Å². The molecule has 3 N–H and O–H groups in total. The van der Waals surface area contributed by atoms with Gasteiger partial charge in [-0.2, -0.15) is 0 Å². The van der Waals surface area contributed by atoms with Gasteiger partial charge < -0.3 is 16.0 Å². The average molecular weight is 375 g/mol. The molecule has 0 saturated heterocycles. The van der Waals surface area contributed by atoms with E-state index in [1.807, 2.05) is 6.07 Å². The summed E-state index contributed by atoms with van der Waals surface area (Å²) in [6.45, 7) is -0.268. The van der Waals surface area contributed by atoms with E-state index in [1.54, 1.807) is 18.2 Å². The van der Waals surface area contributed by atoms with Crippen molar-refractivity contribution in [2.45, 2.75) is 0 Å². The van der Waals surface area contributed by atoms with Gasteiger partial charge in [-0.25, -0.2) is 0 Å². The van der Waals surface area contributed by atoms with Crippen molar-refractivity contribution in [2.75, 3.05) is 20.1 Å². The van der Waals surface area contributed by atoms with Gasteiger partial charge in [0.15, 0.2) is 0 Å². The molecule has 0 atom stereocenters. The molecular formula is C12H14IN3O3. The SMILES string of the molecule is CNC(=O)CNC(=O)CNC(=O)c1cccc(I)c1. The van der Waals surface area contributed by atoms with E-state index in [2.05, 4.69) is 38.5 Å². The summed E-state index contributed by atoms with van der Waals surface area (Å²) in [6.07, 6.45) is 0. The predicted molar refractivity (Wildman–Crippen MR) is 78.6 cm³/mol. The van der Waals surface area contributed by atoms with E-state index in [9.17, 15) is 14.4 Å². The minimum atomic E-state index is -0.414. The molecular weight excluding hydrogens is 361 g/mol. The first-order chi connectivity index (χ1) is 9.02. The second-order valence-corrected chi connectivity index (χ2v) is 4.89. The smallest absolute Gasteiger partial charge is 0.251 e. The third kappa shape index (κ3) is 5.69. The number of rotatable bonds is 5. The maximum atomic E-state index is 11.7. The van der Waals surface area contributed by atoms with E-state index < -0.39 is 5.91 Å². The van der Waals surface area contributed by atoms with E-state index in [0.29, 0.717) is 5.56 Å². The van der Waals surface area contributed by atoms with Crippen molar-refractivity contribution in [3.8, 4) is 0 Å². The molecule has 1 rings (SSSR count). The normalized spacial score (nSPS) is 9.58. The van der Waals surface area contributed by atoms with E-state index in [1.165, 1.54) is 7.05 Å². The molecule has 0 fully saturated rings. The van der Waals surface area contributed by atoms with Crippen molar-refractivity contribution in [1.82, 2.24) is 16.0 Å². The van der Waals surface area contributed by atoms with Crippen LogP contribution in [0.25, 0.3) is 0 Å². The van der Waals surface area contributed by atoms with Crippen LogP contribution in [0.5, 0.6) is 0 Å². The van der Waals surface area contributed by atoms with E-state index in [-0.39, 0.29) is 24.9 Å². The van der Waals surface area contributed by atoms with Gasteiger partial charge in [0.1, 0.15) is 0 Å². The molecule has 0 saturated carbocycles. The number of carbonyl (C=O) groups is 3. The van der Waals surface area contributed by atoms with Crippen LogP contribution in [0.4, 0.5) is 0 Å². The van der Waals surface area contributed by atoms with Gasteiger partial charge in [-0.15, -0.1) is 0 Å². The molecule has 102 valence electrons. The largest absolute Gasteiger partial charge is 0.358 e. The van der Waals surface area contributed by atoms with Crippen molar-refractivity contribution >= 4 is 40.3 Å². The highest BCUT2D eigenvalue weighted by molar-refractivity contribution is 14.1. The Bertz CT molecular complexity index is 491. The first kappa shape index (κ1) is 15.4. The lowest BCUT2D eigenvalue weighted by atomic mass is 10.2. The molecule has 0 spiro atoms. The summed E-state index contributed by atoms with van der Waals surface area (Å²) in [5.41, 5.74) is 0.492. The standard InChI is InChI=1S/C12H14IN3O3/c1-14-10(17)6-15-11(18)7-16-12(19)8-3-2-4-9(13)5-8/h2-5H,6-7H2,1H3,(H,14,17)(H,15,18)(H,16,19). The van der Waals surface area contributed by atoms with Gasteiger partial charge in [0.25, 0.3) is 5.91 Å². The average Bonchev–Trinajstić information content (AvgIpc) is 2.41. The zero-order valence-electron chi connectivity index (χ0n) is 10.3. The third-order valence-electron chi connectivity index (χ3n) is 2.22. The lowest BCUT2D eigenvalue weighted by Crippen LogP contribution is -2.41. The Morgan fingerprint density at radius 3 is 2.42 bits per heavy atom. The summed E-state index contributed by atoms with van der Waals surface area (Å²) in [5, 5.41) is 7.24. The van der Waals surface area contributed by atoms with Crippen LogP contribution in [0.15, 0.2) is 24.3 Å². The molecule has 0 aromatic heterocycles. The van der Waals surface area contributed by atoms with Gasteiger partial charge >= 0.3 is 0 Å². The monoisotopic (exact) mass is 375 g/mol. The van der Waals surface area contributed by atoms with Crippen molar-refractivity contribution in [3.63, 3.8) is 0 Å². The molecule has 6 nitrogen and oxygen atoms in total. The summed E-state index contributed by atoms with van der Waals surface area (Å²) < 4.78 is 0.939. The van der Waals surface area contributed by atoms with Crippen LogP contribution < -0.4 is 16.0 Å². The summed E-state index contributed by atoms with van der Waals surface area (Å²) in [6, 6.07) is 7.02. The highest BCUT2D eigenvalue weighted by Crippen LogP contribution is 2.07. The molecule has 7 heteroatoms. The Kier molecular flexibility index (Phi) is 6.26. The van der Waals surface area contributed by atoms with E-state index in [0.717, 1.165) is 3.57 Å². The van der Waals surface area contributed by atoms with Crippen LogP contribution >= 0.6 is 22.6 Å². The molecule has 0 aliphatic heterocycles. The Morgan fingerprint density at radius 2 is 1.79 bits per heavy atom. The Morgan fingerprint density at radius 1 is 1.11 bits per heavy atom. The zero-order valence-corrected chi connectivity index (χ0v) is 12.5. The number of nitrogens with one attached hydrogen (secondary N) is 3. The molecule has 0 heterocycles. The quantitative estimate of drug-likeness (QED) is 0.628. The minimum absolute atomic E-state index is 0.103. The maximum absolute atomic E-state index is 11.7. The number of hydrogen-bond donors (Lipinski definition) is 3. The Labute approximate surface area is 124 Å². The van der Waals surface area contributed by atoms with Gasteiger partial charge in [-0.1, -0.05) is 6.07 Å². The minimum Gasteiger partial charge on any atom is -0.358 e. The van der Waals surface area contributed by atoms with E-state index >= 15 is 0 Å². The fourth-order valence-electron chi connectivity index (χ4n) is 1.22. The van der Waals surface area contributed by atoms with Gasteiger partial charge in [0, 0.05) is 16.2 Å². The summed E-state index contributed by atoms with van der Waals surface area (Å²) >= 11 is 2.10. The molecule has 0 aliphatic carbocycles. The van der Waals surface area contributed by atoms with Gasteiger partial charge in [-0.05, 0) is 40.8 Å². The van der Waals surface area contributed by atoms with Gasteiger partial charge in [0.2, 0.25) is 11.8 Å². The number of halogens is 1. The molecule has 1 aromatic rings. The van der Waals surface area contributed by atoms with Crippen LogP contribution in [0, 0.1) is 3.57 Å². The summed E-state index contributed by atoms with van der Waals surface area (Å²) in [7, 11) is 1.48. The maximum Gasteiger partial charge on any atom is 0.251 e. The highest BCUT2D eigenvalue weighted by atomic mass is 127. The topological polar surface area (TPSA) is 87.3 Å². The molecule has 19 heavy (non-hydrogen) atoms. The van der Waals surface area contributed by atoms with Crippen LogP contribution in [0.1, 0.15) is 10.4 Å². The number of hydrogen-bond acceptors (Lipinski definition) is 3. The van der Waals surface area contributed by atoms with Crippen LogP contribution in [-0.4, -0.2) is 37.9 Å². The van der Waals surface area contributed by atoms with Crippen LogP contribution in [-0.2, 0) is 9.59 Å². The third-order valence-corrected chi connectivity index (χ3v) is 2.89. The van der Waals surface area contributed by atoms with Crippen LogP contribution in [0.3, 0.4) is 0 Å². The number of benzene rings is 1. The van der Waals surface area contributed by atoms with Crippen molar-refractivity contribution in [2.24, 2.45) is 0 Å². The second kappa shape index (κ2) is 7.72. The summed E-state index contributed by atoms with van der Waals surface area (Å²) in [4.78, 5) is 34.0. The molecule has 0 radical (unpaired) electrons. The molecule has 0 aliphatic rings. The fraction of sp³-hybridized carbons (Fsp3) is 0.250.